The molecule has 460 valence electrons. The van der Waals surface area contributed by atoms with Gasteiger partial charge in [0.1, 0.15) is 54.4 Å². The van der Waals surface area contributed by atoms with Crippen LogP contribution in [0.15, 0.2) is 30.3 Å². The Labute approximate surface area is 476 Å². The molecule has 2 fully saturated rings. The van der Waals surface area contributed by atoms with Crippen molar-refractivity contribution in [2.75, 3.05) is 39.3 Å². The first kappa shape index (κ1) is 69.3. The van der Waals surface area contributed by atoms with Crippen LogP contribution in [0, 0.1) is 17.3 Å². The van der Waals surface area contributed by atoms with Crippen LogP contribution in [0.4, 0.5) is 0 Å². The molecule has 3 rings (SSSR count). The van der Waals surface area contributed by atoms with Gasteiger partial charge in [0.15, 0.2) is 0 Å². The van der Waals surface area contributed by atoms with Crippen molar-refractivity contribution in [1.82, 2.24) is 53.2 Å². The smallest absolute Gasteiger partial charge is 0.245 e. The molecule has 2 aliphatic rings. The molecule has 2 unspecified atom stereocenters. The summed E-state index contributed by atoms with van der Waals surface area (Å²) in [5.41, 5.74) is 34.6. The Balaban J connectivity index is 2.06. The van der Waals surface area contributed by atoms with Crippen molar-refractivity contribution < 1.29 is 68.1 Å². The van der Waals surface area contributed by atoms with E-state index >= 15 is 0 Å². The standard InChI is InChI=1S/C52H88N16O14/c1-25(2)23-37-47(78)68-40(28(5)71)50(81)64-33(13-19-55)42(73)61-35(15-21-57)46(77)67-38(26(3)69)48(79)59-22-16-36(45(76)60-32(12-18-54)44(75)65-37)62-43(74)34(14-20-56)63-49(80)39(27(4)70)66-41(72)30(11-17-53)52(51(58)82)24-31(52)29-9-7-6-8-10-29/h6-10,25-28,30-40,69-71H,11-24,53-57H2,1-5H3,(H2,58,82)(H,59,79)(H,60,76)(H,61,73)(H,62,74)(H,63,80)(H,64,81)(H,65,75)(H,66,72)(H,67,77)(H,68,78)/t26-,27-,28-,30+,31?,32-,33-,34+,35-,36-,37+,38-,39-,40-,52?/m0/s1. The lowest BCUT2D eigenvalue weighted by Gasteiger charge is -2.30. The number of hydrogen-bond donors (Lipinski definition) is 19. The van der Waals surface area contributed by atoms with Gasteiger partial charge in [-0.15, -0.1) is 0 Å². The van der Waals surface area contributed by atoms with Crippen molar-refractivity contribution in [3.05, 3.63) is 35.9 Å². The van der Waals surface area contributed by atoms with Crippen LogP contribution in [0.1, 0.15) is 97.5 Å². The summed E-state index contributed by atoms with van der Waals surface area (Å²) in [5.74, 6) is -12.6. The Hall–Kier alpha value is -6.93. The Morgan fingerprint density at radius 1 is 0.585 bits per heavy atom. The van der Waals surface area contributed by atoms with Gasteiger partial charge >= 0.3 is 0 Å². The van der Waals surface area contributed by atoms with Gasteiger partial charge in [-0.3, -0.25) is 52.7 Å². The summed E-state index contributed by atoms with van der Waals surface area (Å²) in [7, 11) is 0. The van der Waals surface area contributed by atoms with Crippen LogP contribution < -0.4 is 87.6 Å². The first-order valence-electron chi connectivity index (χ1n) is 27.6. The predicted octanol–water partition coefficient (Wildman–Crippen LogP) is -7.92. The number of aliphatic hydroxyl groups is 3. The molecule has 82 heavy (non-hydrogen) atoms. The number of nitrogens with one attached hydrogen (secondary N) is 10. The van der Waals surface area contributed by atoms with Crippen LogP contribution in [0.5, 0.6) is 0 Å². The molecule has 11 amide bonds. The van der Waals surface area contributed by atoms with Gasteiger partial charge in [-0.25, -0.2) is 0 Å². The molecular weight excluding hydrogens is 1070 g/mol. The van der Waals surface area contributed by atoms with Crippen LogP contribution in [0.2, 0.25) is 0 Å². The van der Waals surface area contributed by atoms with Gasteiger partial charge in [0.25, 0.3) is 0 Å². The maximum absolute atomic E-state index is 14.4. The molecule has 1 aromatic rings. The molecule has 30 heteroatoms. The zero-order valence-electron chi connectivity index (χ0n) is 47.2. The summed E-state index contributed by atoms with van der Waals surface area (Å²) >= 11 is 0. The van der Waals surface area contributed by atoms with Crippen LogP contribution in [0.3, 0.4) is 0 Å². The molecule has 0 spiro atoms. The SMILES string of the molecule is CC(C)C[C@H]1NC(=O)[C@H](CCN)NC(=O)[C@@H](NC(=O)[C@@H](CCN)NC(=O)[C@@H](NC(=O)[C@@H](CCN)C2(C(N)=O)CC2c2ccccc2)[C@H](C)O)CCNC(=O)[C@H]([C@H](C)O)NC(=O)[C@H](CCN)NC(=O)[C@H](CCN)NC(=O)[C@H]([C@H](C)O)NC1=O. The van der Waals surface area contributed by atoms with Gasteiger partial charge < -0.3 is 103 Å². The number of hydrogen-bond acceptors (Lipinski definition) is 19. The molecule has 1 aromatic carbocycles. The van der Waals surface area contributed by atoms with E-state index in [0.717, 1.165) is 5.56 Å². The third-order valence-electron chi connectivity index (χ3n) is 14.3. The summed E-state index contributed by atoms with van der Waals surface area (Å²) in [4.78, 5) is 153. The number of aliphatic hydroxyl groups excluding tert-OH is 3. The monoisotopic (exact) mass is 1160 g/mol. The van der Waals surface area contributed by atoms with Crippen molar-refractivity contribution >= 4 is 65.0 Å². The van der Waals surface area contributed by atoms with Gasteiger partial charge in [-0.05, 0) is 116 Å². The second kappa shape index (κ2) is 33.2. The number of nitrogens with two attached hydrogens (primary N) is 6. The van der Waals surface area contributed by atoms with E-state index in [1.165, 1.54) is 20.8 Å². The number of rotatable bonds is 24. The van der Waals surface area contributed by atoms with E-state index in [2.05, 4.69) is 53.2 Å². The predicted molar refractivity (Wildman–Crippen MR) is 297 cm³/mol. The molecule has 15 atom stereocenters. The summed E-state index contributed by atoms with van der Waals surface area (Å²) in [6, 6.07) is -5.45. The van der Waals surface area contributed by atoms with Crippen LogP contribution in [-0.4, -0.2) is 192 Å². The summed E-state index contributed by atoms with van der Waals surface area (Å²) in [6.07, 6.45) is -6.12. The Kier molecular flexibility index (Phi) is 28.1. The first-order chi connectivity index (χ1) is 38.7. The third kappa shape index (κ3) is 19.6. The quantitative estimate of drug-likeness (QED) is 0.0457. The lowest BCUT2D eigenvalue weighted by molar-refractivity contribution is -0.139. The van der Waals surface area contributed by atoms with Gasteiger partial charge in [0, 0.05) is 12.5 Å². The van der Waals surface area contributed by atoms with Crippen molar-refractivity contribution in [3.63, 3.8) is 0 Å². The molecule has 25 N–H and O–H groups in total. The van der Waals surface area contributed by atoms with Gasteiger partial charge in [0.05, 0.1) is 29.6 Å². The van der Waals surface area contributed by atoms with Crippen molar-refractivity contribution in [2.24, 2.45) is 51.7 Å². The largest absolute Gasteiger partial charge is 0.391 e. The van der Waals surface area contributed by atoms with Crippen LogP contribution in [-0.2, 0) is 52.7 Å². The van der Waals surface area contributed by atoms with Gasteiger partial charge in [0.2, 0.25) is 65.0 Å². The highest BCUT2D eigenvalue weighted by Crippen LogP contribution is 2.64. The number of primary amides is 1. The summed E-state index contributed by atoms with van der Waals surface area (Å²) in [6.45, 7) is 5.64. The Morgan fingerprint density at radius 2 is 1.06 bits per heavy atom. The molecule has 30 nitrogen and oxygen atoms in total. The Bertz CT molecular complexity index is 2370. The fraction of sp³-hybridized carbons (Fsp3) is 0.673. The molecular formula is C52H88N16O14. The van der Waals surface area contributed by atoms with E-state index in [1.807, 2.05) is 0 Å². The average molecular weight is 1160 g/mol. The average Bonchev–Trinajstić information content (AvgIpc) is 2.82. The molecule has 1 aliphatic carbocycles. The third-order valence-corrected chi connectivity index (χ3v) is 14.3. The number of carbonyl (C=O) groups is 11. The molecule has 1 saturated heterocycles. The lowest BCUT2D eigenvalue weighted by Crippen LogP contribution is -2.62. The topological polar surface area (TPSA) is 525 Å². The van der Waals surface area contributed by atoms with Crippen molar-refractivity contribution in [1.29, 1.82) is 0 Å². The molecule has 0 bridgehead atoms. The van der Waals surface area contributed by atoms with E-state index in [9.17, 15) is 68.1 Å². The normalized spacial score (nSPS) is 26.7. The second-order valence-corrected chi connectivity index (χ2v) is 21.3. The zero-order valence-corrected chi connectivity index (χ0v) is 47.2. The number of amides is 11. The fourth-order valence-electron chi connectivity index (χ4n) is 9.75. The molecule has 1 saturated carbocycles. The Morgan fingerprint density at radius 3 is 1.54 bits per heavy atom. The second-order valence-electron chi connectivity index (χ2n) is 21.3. The maximum atomic E-state index is 14.4. The fourth-order valence-corrected chi connectivity index (χ4v) is 9.75. The summed E-state index contributed by atoms with van der Waals surface area (Å²) < 4.78 is 0. The first-order valence-corrected chi connectivity index (χ1v) is 27.6. The van der Waals surface area contributed by atoms with Gasteiger partial charge in [-0.2, -0.15) is 0 Å². The highest BCUT2D eigenvalue weighted by molar-refractivity contribution is 6.00. The highest BCUT2D eigenvalue weighted by atomic mass is 16.3. The van der Waals surface area contributed by atoms with E-state index < -0.39 is 168 Å². The molecule has 1 aliphatic heterocycles. The molecule has 0 radical (unpaired) electrons. The molecule has 0 aromatic heterocycles. The van der Waals surface area contributed by atoms with E-state index in [4.69, 9.17) is 34.4 Å². The number of carbonyl (C=O) groups excluding carboxylic acids is 11. The van der Waals surface area contributed by atoms with E-state index in [0.29, 0.717) is 0 Å². The zero-order chi connectivity index (χ0) is 61.6. The van der Waals surface area contributed by atoms with Crippen LogP contribution >= 0.6 is 0 Å². The summed E-state index contributed by atoms with van der Waals surface area (Å²) in [5, 5.41) is 57.1. The number of benzene rings is 1. The minimum absolute atomic E-state index is 0.0277. The maximum Gasteiger partial charge on any atom is 0.245 e. The highest BCUT2D eigenvalue weighted by Gasteiger charge is 2.65. The van der Waals surface area contributed by atoms with Crippen molar-refractivity contribution in [3.8, 4) is 0 Å². The molecule has 1 heterocycles. The van der Waals surface area contributed by atoms with Crippen molar-refractivity contribution in [2.45, 2.75) is 165 Å². The van der Waals surface area contributed by atoms with E-state index in [1.54, 1.807) is 44.2 Å². The van der Waals surface area contributed by atoms with E-state index in [-0.39, 0.29) is 83.6 Å². The minimum Gasteiger partial charge on any atom is -0.391 e. The van der Waals surface area contributed by atoms with Gasteiger partial charge in [-0.1, -0.05) is 44.2 Å². The van der Waals surface area contributed by atoms with Crippen LogP contribution in [0.25, 0.3) is 0 Å². The minimum atomic E-state index is -1.74. The lowest BCUT2D eigenvalue weighted by atomic mass is 9.81.